The van der Waals surface area contributed by atoms with E-state index in [9.17, 15) is 18.0 Å². The van der Waals surface area contributed by atoms with Gasteiger partial charge < -0.3 is 10.2 Å². The quantitative estimate of drug-likeness (QED) is 0.607. The van der Waals surface area contributed by atoms with Gasteiger partial charge >= 0.3 is 0 Å². The van der Waals surface area contributed by atoms with Crippen molar-refractivity contribution in [1.82, 2.24) is 9.80 Å². The summed E-state index contributed by atoms with van der Waals surface area (Å²) in [7, 11) is -3.36. The van der Waals surface area contributed by atoms with Crippen molar-refractivity contribution in [3.05, 3.63) is 29.3 Å². The van der Waals surface area contributed by atoms with Gasteiger partial charge in [0.05, 0.1) is 23.0 Å². The minimum atomic E-state index is -3.36. The van der Waals surface area contributed by atoms with E-state index < -0.39 is 15.6 Å². The van der Waals surface area contributed by atoms with E-state index in [2.05, 4.69) is 5.32 Å². The Morgan fingerprint density at radius 1 is 1.11 bits per heavy atom. The Kier molecular flexibility index (Phi) is 8.72. The van der Waals surface area contributed by atoms with Crippen LogP contribution in [0, 0.1) is 0 Å². The van der Waals surface area contributed by atoms with Crippen molar-refractivity contribution in [2.75, 3.05) is 49.5 Å². The first-order valence-electron chi connectivity index (χ1n) is 9.55. The first-order valence-corrected chi connectivity index (χ1v) is 11.8. The number of nitrogens with one attached hydrogen (secondary N) is 1. The minimum Gasteiger partial charge on any atom is -0.339 e. The highest BCUT2D eigenvalue weighted by molar-refractivity contribution is 7.92. The fourth-order valence-corrected chi connectivity index (χ4v) is 4.56. The zero-order valence-corrected chi connectivity index (χ0v) is 17.8. The number of unbranched alkanes of at least 4 members (excludes halogenated alkanes) is 2. The van der Waals surface area contributed by atoms with Crippen molar-refractivity contribution in [1.29, 1.82) is 0 Å². The van der Waals surface area contributed by atoms with Crippen molar-refractivity contribution in [2.24, 2.45) is 0 Å². The Labute approximate surface area is 171 Å². The van der Waals surface area contributed by atoms with E-state index in [4.69, 9.17) is 11.6 Å². The molecule has 0 radical (unpaired) electrons. The highest BCUT2D eigenvalue weighted by Crippen LogP contribution is 2.20. The van der Waals surface area contributed by atoms with Crippen LogP contribution in [0.3, 0.4) is 0 Å². The Morgan fingerprint density at radius 3 is 2.43 bits per heavy atom. The summed E-state index contributed by atoms with van der Waals surface area (Å²) in [5, 5.41) is 3.25. The Bertz CT molecular complexity index is 777. The van der Waals surface area contributed by atoms with Gasteiger partial charge in [0.1, 0.15) is 5.75 Å². The predicted molar refractivity (Wildman–Crippen MR) is 111 cm³/mol. The molecule has 0 atom stereocenters. The van der Waals surface area contributed by atoms with Gasteiger partial charge in [-0.1, -0.05) is 43.5 Å². The first-order chi connectivity index (χ1) is 13.3. The van der Waals surface area contributed by atoms with E-state index in [-0.39, 0.29) is 24.1 Å². The van der Waals surface area contributed by atoms with Crippen LogP contribution in [0.2, 0.25) is 5.02 Å². The molecular weight excluding hydrogens is 402 g/mol. The van der Waals surface area contributed by atoms with Crippen molar-refractivity contribution < 1.29 is 18.0 Å². The predicted octanol–water partition coefficient (Wildman–Crippen LogP) is 2.03. The Morgan fingerprint density at radius 2 is 1.79 bits per heavy atom. The molecule has 28 heavy (non-hydrogen) atoms. The summed E-state index contributed by atoms with van der Waals surface area (Å²) in [4.78, 5) is 28.0. The van der Waals surface area contributed by atoms with Gasteiger partial charge in [-0.15, -0.1) is 0 Å². The maximum atomic E-state index is 12.3. The van der Waals surface area contributed by atoms with Gasteiger partial charge in [-0.3, -0.25) is 14.5 Å². The number of para-hydroxylation sites is 1. The standard InChI is InChI=1S/C19H28ClN3O4S/c1-2-3-6-13-28(26,27)15-19(25)23-11-9-22(10-12-23)14-18(24)21-17-8-5-4-7-16(17)20/h4-5,7-8H,2-3,6,9-15H2,1H3,(H,21,24). The van der Waals surface area contributed by atoms with Crippen LogP contribution in [-0.2, 0) is 19.4 Å². The molecule has 0 spiro atoms. The van der Waals surface area contributed by atoms with Gasteiger partial charge in [0.2, 0.25) is 11.8 Å². The molecule has 0 bridgehead atoms. The molecule has 1 fully saturated rings. The third-order valence-corrected chi connectivity index (χ3v) is 6.57. The Hall–Kier alpha value is -1.64. The molecule has 1 aliphatic rings. The van der Waals surface area contributed by atoms with Gasteiger partial charge in [0, 0.05) is 26.2 Å². The number of hydrogen-bond donors (Lipinski definition) is 1. The summed E-state index contributed by atoms with van der Waals surface area (Å²) < 4.78 is 24.1. The van der Waals surface area contributed by atoms with E-state index >= 15 is 0 Å². The highest BCUT2D eigenvalue weighted by atomic mass is 35.5. The van der Waals surface area contributed by atoms with Crippen LogP contribution >= 0.6 is 11.6 Å². The fraction of sp³-hybridized carbons (Fsp3) is 0.579. The van der Waals surface area contributed by atoms with Gasteiger partial charge in [0.15, 0.2) is 9.84 Å². The molecule has 0 saturated carbocycles. The second-order valence-electron chi connectivity index (χ2n) is 6.98. The number of piperazine rings is 1. The molecular formula is C19H28ClN3O4S. The summed E-state index contributed by atoms with van der Waals surface area (Å²) in [6, 6.07) is 7.02. The summed E-state index contributed by atoms with van der Waals surface area (Å²) in [6.07, 6.45) is 2.39. The highest BCUT2D eigenvalue weighted by Gasteiger charge is 2.26. The Balaban J connectivity index is 1.75. The van der Waals surface area contributed by atoms with Gasteiger partial charge in [-0.2, -0.15) is 0 Å². The fourth-order valence-electron chi connectivity index (χ4n) is 3.03. The second-order valence-corrected chi connectivity index (χ2v) is 9.58. The number of sulfone groups is 1. The van der Waals surface area contributed by atoms with Crippen LogP contribution in [0.5, 0.6) is 0 Å². The largest absolute Gasteiger partial charge is 0.339 e. The molecule has 1 saturated heterocycles. The number of carbonyl (C=O) groups is 2. The zero-order valence-electron chi connectivity index (χ0n) is 16.2. The van der Waals surface area contributed by atoms with Crippen LogP contribution in [-0.4, -0.2) is 74.3 Å². The monoisotopic (exact) mass is 429 g/mol. The van der Waals surface area contributed by atoms with Crippen molar-refractivity contribution in [2.45, 2.75) is 26.2 Å². The van der Waals surface area contributed by atoms with Crippen LogP contribution in [0.15, 0.2) is 24.3 Å². The number of nitrogens with zero attached hydrogens (tertiary/aromatic N) is 2. The number of carbonyl (C=O) groups excluding carboxylic acids is 2. The molecule has 2 amide bonds. The number of rotatable bonds is 9. The second kappa shape index (κ2) is 10.8. The van der Waals surface area contributed by atoms with E-state index in [0.717, 1.165) is 12.8 Å². The third kappa shape index (κ3) is 7.41. The number of anilines is 1. The zero-order chi connectivity index (χ0) is 20.6. The minimum absolute atomic E-state index is 0.0642. The molecule has 1 heterocycles. The molecule has 1 aromatic carbocycles. The molecule has 9 heteroatoms. The van der Waals surface area contributed by atoms with E-state index in [1.807, 2.05) is 11.8 Å². The number of amides is 2. The molecule has 2 rings (SSSR count). The summed E-state index contributed by atoms with van der Waals surface area (Å²) in [5.74, 6) is -0.888. The lowest BCUT2D eigenvalue weighted by molar-refractivity contribution is -0.130. The number of benzene rings is 1. The number of hydrogen-bond acceptors (Lipinski definition) is 5. The molecule has 0 aliphatic carbocycles. The SMILES string of the molecule is CCCCCS(=O)(=O)CC(=O)N1CCN(CC(=O)Nc2ccccc2Cl)CC1. The molecule has 7 nitrogen and oxygen atoms in total. The van der Waals surface area contributed by atoms with E-state index in [1.165, 1.54) is 0 Å². The maximum absolute atomic E-state index is 12.3. The molecule has 1 N–H and O–H groups in total. The molecule has 0 unspecified atom stereocenters. The van der Waals surface area contributed by atoms with Gasteiger partial charge in [-0.05, 0) is 18.6 Å². The van der Waals surface area contributed by atoms with Crippen LogP contribution < -0.4 is 5.32 Å². The lowest BCUT2D eigenvalue weighted by Gasteiger charge is -2.34. The smallest absolute Gasteiger partial charge is 0.238 e. The van der Waals surface area contributed by atoms with Crippen molar-refractivity contribution in [3.63, 3.8) is 0 Å². The summed E-state index contributed by atoms with van der Waals surface area (Å²) >= 11 is 6.04. The third-order valence-electron chi connectivity index (χ3n) is 4.64. The summed E-state index contributed by atoms with van der Waals surface area (Å²) in [5.41, 5.74) is 0.566. The topological polar surface area (TPSA) is 86.8 Å². The van der Waals surface area contributed by atoms with Crippen molar-refractivity contribution in [3.8, 4) is 0 Å². The number of halogens is 1. The molecule has 1 aromatic rings. The van der Waals surface area contributed by atoms with Crippen LogP contribution in [0.1, 0.15) is 26.2 Å². The average molecular weight is 430 g/mol. The van der Waals surface area contributed by atoms with E-state index in [0.29, 0.717) is 43.3 Å². The van der Waals surface area contributed by atoms with Crippen LogP contribution in [0.25, 0.3) is 0 Å². The first kappa shape index (κ1) is 22.6. The van der Waals surface area contributed by atoms with Gasteiger partial charge in [0.25, 0.3) is 0 Å². The normalized spacial score (nSPS) is 15.4. The van der Waals surface area contributed by atoms with Crippen molar-refractivity contribution >= 4 is 38.9 Å². The molecule has 156 valence electrons. The summed E-state index contributed by atoms with van der Waals surface area (Å²) in [6.45, 7) is 4.09. The lowest BCUT2D eigenvalue weighted by atomic mass is 10.3. The average Bonchev–Trinajstić information content (AvgIpc) is 2.64. The molecule has 0 aromatic heterocycles. The van der Waals surface area contributed by atoms with E-state index in [1.54, 1.807) is 29.2 Å². The van der Waals surface area contributed by atoms with Crippen LogP contribution in [0.4, 0.5) is 5.69 Å². The lowest BCUT2D eigenvalue weighted by Crippen LogP contribution is -2.51. The molecule has 1 aliphatic heterocycles. The van der Waals surface area contributed by atoms with Gasteiger partial charge in [-0.25, -0.2) is 8.42 Å². The maximum Gasteiger partial charge on any atom is 0.238 e.